The minimum Gasteiger partial charge on any atom is -0.385 e. The summed E-state index contributed by atoms with van der Waals surface area (Å²) in [5.41, 5.74) is 0. The van der Waals surface area contributed by atoms with Crippen LogP contribution in [0.4, 0.5) is 0 Å². The Labute approximate surface area is 65.2 Å². The standard InChI is InChI=1S/C4H11N.C4H10O/c1-4-5(2)3;1-3-4-5-2/h4H2,1-3H3;3-4H2,1-2H3. The predicted molar refractivity (Wildman–Crippen MR) is 46.4 cm³/mol. The molecule has 0 atom stereocenters. The van der Waals surface area contributed by atoms with Crippen molar-refractivity contribution in [2.75, 3.05) is 34.4 Å². The molecule has 0 spiro atoms. The molecule has 0 radical (unpaired) electrons. The van der Waals surface area contributed by atoms with Crippen LogP contribution in [0.1, 0.15) is 20.3 Å². The maximum absolute atomic E-state index is 4.69. The Kier molecular flexibility index (Phi) is 14.7. The van der Waals surface area contributed by atoms with E-state index in [-0.39, 0.29) is 0 Å². The van der Waals surface area contributed by atoms with Gasteiger partial charge in [0, 0.05) is 13.7 Å². The van der Waals surface area contributed by atoms with Crippen molar-refractivity contribution in [2.45, 2.75) is 20.3 Å². The van der Waals surface area contributed by atoms with E-state index < -0.39 is 0 Å². The summed E-state index contributed by atoms with van der Waals surface area (Å²) in [6.07, 6.45) is 1.12. The lowest BCUT2D eigenvalue weighted by Crippen LogP contribution is -2.08. The molecule has 0 unspecified atom stereocenters. The van der Waals surface area contributed by atoms with E-state index in [0.717, 1.165) is 19.6 Å². The molecule has 0 aromatic carbocycles. The zero-order valence-electron chi connectivity index (χ0n) is 7.98. The Morgan fingerprint density at radius 3 is 1.60 bits per heavy atom. The zero-order chi connectivity index (χ0) is 8.41. The highest BCUT2D eigenvalue weighted by atomic mass is 16.5. The van der Waals surface area contributed by atoms with Crippen molar-refractivity contribution >= 4 is 0 Å². The SMILES string of the molecule is CCCOC.CCN(C)C. The quantitative estimate of drug-likeness (QED) is 0.601. The summed E-state index contributed by atoms with van der Waals surface area (Å²) in [7, 11) is 5.82. The number of nitrogens with zero attached hydrogens (tertiary/aromatic N) is 1. The van der Waals surface area contributed by atoms with Crippen molar-refractivity contribution in [3.8, 4) is 0 Å². The predicted octanol–water partition coefficient (Wildman–Crippen LogP) is 1.61. The van der Waals surface area contributed by atoms with E-state index in [2.05, 4.69) is 32.8 Å². The van der Waals surface area contributed by atoms with Gasteiger partial charge in [-0.15, -0.1) is 0 Å². The molecule has 0 N–H and O–H groups in total. The second kappa shape index (κ2) is 11.7. The number of methoxy groups -OCH3 is 1. The molecule has 0 saturated carbocycles. The van der Waals surface area contributed by atoms with Crippen LogP contribution >= 0.6 is 0 Å². The van der Waals surface area contributed by atoms with E-state index in [1.165, 1.54) is 0 Å². The molecule has 0 fully saturated rings. The van der Waals surface area contributed by atoms with Crippen LogP contribution in [0.15, 0.2) is 0 Å². The van der Waals surface area contributed by atoms with E-state index in [1.807, 2.05) is 0 Å². The van der Waals surface area contributed by atoms with Gasteiger partial charge in [0.1, 0.15) is 0 Å². The van der Waals surface area contributed by atoms with Crippen LogP contribution in [0, 0.1) is 0 Å². The highest BCUT2D eigenvalue weighted by Gasteiger charge is 1.72. The lowest BCUT2D eigenvalue weighted by Gasteiger charge is -2.00. The number of hydrogen-bond donors (Lipinski definition) is 0. The molecule has 10 heavy (non-hydrogen) atoms. The first kappa shape index (κ1) is 12.6. The van der Waals surface area contributed by atoms with Gasteiger partial charge in [0.25, 0.3) is 0 Å². The van der Waals surface area contributed by atoms with Gasteiger partial charge in [0.15, 0.2) is 0 Å². The van der Waals surface area contributed by atoms with Crippen molar-refractivity contribution < 1.29 is 4.74 Å². The van der Waals surface area contributed by atoms with E-state index in [1.54, 1.807) is 7.11 Å². The minimum atomic E-state index is 0.889. The maximum atomic E-state index is 4.69. The maximum Gasteiger partial charge on any atom is 0.0459 e. The highest BCUT2D eigenvalue weighted by Crippen LogP contribution is 1.70. The van der Waals surface area contributed by atoms with Crippen LogP contribution in [-0.2, 0) is 4.74 Å². The minimum absolute atomic E-state index is 0.889. The first-order valence-electron chi connectivity index (χ1n) is 3.82. The van der Waals surface area contributed by atoms with Crippen molar-refractivity contribution in [1.82, 2.24) is 4.90 Å². The summed E-state index contributed by atoms with van der Waals surface area (Å²) in [4.78, 5) is 2.12. The lowest BCUT2D eigenvalue weighted by molar-refractivity contribution is 0.199. The summed E-state index contributed by atoms with van der Waals surface area (Å²) < 4.78 is 4.69. The molecule has 0 aromatic heterocycles. The average Bonchev–Trinajstić information content (AvgIpc) is 1.91. The van der Waals surface area contributed by atoms with E-state index in [0.29, 0.717) is 0 Å². The van der Waals surface area contributed by atoms with Crippen molar-refractivity contribution in [3.05, 3.63) is 0 Å². The molecular weight excluding hydrogens is 126 g/mol. The van der Waals surface area contributed by atoms with Crippen LogP contribution in [0.3, 0.4) is 0 Å². The number of hydrogen-bond acceptors (Lipinski definition) is 2. The van der Waals surface area contributed by atoms with Crippen LogP contribution in [0.5, 0.6) is 0 Å². The lowest BCUT2D eigenvalue weighted by atomic mass is 10.5. The Bertz CT molecular complexity index is 44.5. The first-order valence-corrected chi connectivity index (χ1v) is 3.82. The molecule has 0 amide bonds. The van der Waals surface area contributed by atoms with Crippen molar-refractivity contribution in [1.29, 1.82) is 0 Å². The molecule has 64 valence electrons. The largest absolute Gasteiger partial charge is 0.385 e. The van der Waals surface area contributed by atoms with Crippen LogP contribution in [0.25, 0.3) is 0 Å². The molecule has 2 heteroatoms. The Balaban J connectivity index is 0. The first-order chi connectivity index (χ1) is 4.68. The Morgan fingerprint density at radius 2 is 1.60 bits per heavy atom. The molecule has 0 bridgehead atoms. The summed E-state index contributed by atoms with van der Waals surface area (Å²) in [5, 5.41) is 0. The molecule has 0 saturated heterocycles. The number of ether oxygens (including phenoxy) is 1. The van der Waals surface area contributed by atoms with Gasteiger partial charge >= 0.3 is 0 Å². The second-order valence-electron chi connectivity index (χ2n) is 2.39. The fourth-order valence-corrected chi connectivity index (χ4v) is 0.204. The van der Waals surface area contributed by atoms with E-state index >= 15 is 0 Å². The molecule has 0 aliphatic rings. The average molecular weight is 147 g/mol. The van der Waals surface area contributed by atoms with E-state index in [4.69, 9.17) is 4.74 Å². The third kappa shape index (κ3) is 24.7. The topological polar surface area (TPSA) is 12.5 Å². The summed E-state index contributed by atoms with van der Waals surface area (Å²) >= 11 is 0. The third-order valence-electron chi connectivity index (χ3n) is 1.04. The van der Waals surface area contributed by atoms with Gasteiger partial charge in [-0.05, 0) is 27.1 Å². The van der Waals surface area contributed by atoms with Gasteiger partial charge in [-0.25, -0.2) is 0 Å². The summed E-state index contributed by atoms with van der Waals surface area (Å²) in [6, 6.07) is 0. The third-order valence-corrected chi connectivity index (χ3v) is 1.04. The fourth-order valence-electron chi connectivity index (χ4n) is 0.204. The monoisotopic (exact) mass is 147 g/mol. The molecular formula is C8H21NO. The Morgan fingerprint density at radius 1 is 1.20 bits per heavy atom. The zero-order valence-corrected chi connectivity index (χ0v) is 7.98. The summed E-state index contributed by atoms with van der Waals surface area (Å²) in [5.74, 6) is 0. The fraction of sp³-hybridized carbons (Fsp3) is 1.00. The van der Waals surface area contributed by atoms with Gasteiger partial charge in [-0.2, -0.15) is 0 Å². The van der Waals surface area contributed by atoms with Gasteiger partial charge in [0.05, 0.1) is 0 Å². The molecule has 2 nitrogen and oxygen atoms in total. The summed E-state index contributed by atoms with van der Waals surface area (Å²) in [6.45, 7) is 6.24. The molecule has 0 rings (SSSR count). The number of rotatable bonds is 3. The van der Waals surface area contributed by atoms with Crippen LogP contribution < -0.4 is 0 Å². The molecule has 0 heterocycles. The Hall–Kier alpha value is -0.0800. The highest BCUT2D eigenvalue weighted by molar-refractivity contribution is 4.25. The normalized spacial score (nSPS) is 9.00. The molecule has 0 aliphatic carbocycles. The molecule has 0 aromatic rings. The van der Waals surface area contributed by atoms with Crippen molar-refractivity contribution in [2.24, 2.45) is 0 Å². The van der Waals surface area contributed by atoms with Gasteiger partial charge in [-0.1, -0.05) is 13.8 Å². The van der Waals surface area contributed by atoms with Crippen molar-refractivity contribution in [3.63, 3.8) is 0 Å². The van der Waals surface area contributed by atoms with Crippen LogP contribution in [0.2, 0.25) is 0 Å². The van der Waals surface area contributed by atoms with E-state index in [9.17, 15) is 0 Å². The smallest absolute Gasteiger partial charge is 0.0459 e. The van der Waals surface area contributed by atoms with Gasteiger partial charge in [0.2, 0.25) is 0 Å². The van der Waals surface area contributed by atoms with Gasteiger partial charge < -0.3 is 9.64 Å². The molecule has 0 aliphatic heterocycles. The van der Waals surface area contributed by atoms with Crippen LogP contribution in [-0.4, -0.2) is 39.3 Å². The second-order valence-corrected chi connectivity index (χ2v) is 2.39. The van der Waals surface area contributed by atoms with Gasteiger partial charge in [-0.3, -0.25) is 0 Å².